The minimum absolute atomic E-state index is 0.0275. The lowest BCUT2D eigenvalue weighted by atomic mass is 10.0. The Morgan fingerprint density at radius 1 is 1.00 bits per heavy atom. The topological polar surface area (TPSA) is 67.4 Å². The molecule has 0 radical (unpaired) electrons. The Morgan fingerprint density at radius 3 is 2.15 bits per heavy atom. The van der Waals surface area contributed by atoms with Crippen LogP contribution in [0.2, 0.25) is 0 Å². The van der Waals surface area contributed by atoms with Crippen LogP contribution in [0.3, 0.4) is 0 Å². The Balaban J connectivity index is 1.97. The van der Waals surface area contributed by atoms with Gasteiger partial charge in [0, 0.05) is 12.1 Å². The van der Waals surface area contributed by atoms with Crippen molar-refractivity contribution < 1.29 is 14.3 Å². The van der Waals surface area contributed by atoms with Gasteiger partial charge in [-0.3, -0.25) is 9.59 Å². The third-order valence-corrected chi connectivity index (χ3v) is 4.18. The lowest BCUT2D eigenvalue weighted by Crippen LogP contribution is -2.49. The van der Waals surface area contributed by atoms with Crippen LogP contribution in [0.5, 0.6) is 5.75 Å². The summed E-state index contributed by atoms with van der Waals surface area (Å²) in [5.74, 6) is 0.297. The highest BCUT2D eigenvalue weighted by molar-refractivity contribution is 5.97. The highest BCUT2D eigenvalue weighted by atomic mass is 16.5. The van der Waals surface area contributed by atoms with E-state index in [1.54, 1.807) is 19.2 Å². The van der Waals surface area contributed by atoms with Crippen molar-refractivity contribution in [1.82, 2.24) is 10.6 Å². The Morgan fingerprint density at radius 2 is 1.62 bits per heavy atom. The highest BCUT2D eigenvalue weighted by Gasteiger charge is 2.24. The van der Waals surface area contributed by atoms with Gasteiger partial charge in [0.05, 0.1) is 7.11 Å². The summed E-state index contributed by atoms with van der Waals surface area (Å²) in [6, 6.07) is 14.2. The highest BCUT2D eigenvalue weighted by Crippen LogP contribution is 2.11. The Kier molecular flexibility index (Phi) is 6.78. The Hall–Kier alpha value is -2.82. The molecule has 0 spiro atoms. The van der Waals surface area contributed by atoms with Crippen molar-refractivity contribution in [3.63, 3.8) is 0 Å². The molecule has 0 fully saturated rings. The summed E-state index contributed by atoms with van der Waals surface area (Å²) >= 11 is 0. The summed E-state index contributed by atoms with van der Waals surface area (Å²) in [4.78, 5) is 25.0. The van der Waals surface area contributed by atoms with Crippen molar-refractivity contribution >= 4 is 11.8 Å². The first-order valence-corrected chi connectivity index (χ1v) is 8.69. The molecule has 0 heterocycles. The summed E-state index contributed by atoms with van der Waals surface area (Å²) in [6.07, 6.45) is 0. The molecule has 0 aromatic heterocycles. The normalized spacial score (nSPS) is 11.7. The molecule has 2 aromatic carbocycles. The first kappa shape index (κ1) is 19.5. The molecule has 5 heteroatoms. The first-order chi connectivity index (χ1) is 12.4. The number of ether oxygens (including phenoxy) is 1. The van der Waals surface area contributed by atoms with Gasteiger partial charge >= 0.3 is 0 Å². The molecule has 0 bridgehead atoms. The number of rotatable bonds is 7. The van der Waals surface area contributed by atoms with Gasteiger partial charge in [0.2, 0.25) is 5.91 Å². The number of hydrogen-bond donors (Lipinski definition) is 2. The smallest absolute Gasteiger partial charge is 0.251 e. The van der Waals surface area contributed by atoms with Gasteiger partial charge < -0.3 is 15.4 Å². The standard InChI is InChI=1S/C21H26N2O3/c1-14(2)19(23-20(24)17-9-5-15(3)6-10-17)21(25)22-13-16-7-11-18(26-4)12-8-16/h5-12,14,19H,13H2,1-4H3,(H,22,25)(H,23,24). The molecule has 2 amide bonds. The van der Waals surface area contributed by atoms with Gasteiger partial charge in [-0.25, -0.2) is 0 Å². The second-order valence-corrected chi connectivity index (χ2v) is 6.63. The number of carbonyl (C=O) groups excluding carboxylic acids is 2. The number of carbonyl (C=O) groups is 2. The number of hydrogen-bond acceptors (Lipinski definition) is 3. The average Bonchev–Trinajstić information content (AvgIpc) is 2.64. The Bertz CT molecular complexity index is 737. The lowest BCUT2D eigenvalue weighted by molar-refractivity contribution is -0.124. The molecule has 0 aliphatic rings. The molecule has 1 atom stereocenters. The molecule has 26 heavy (non-hydrogen) atoms. The monoisotopic (exact) mass is 354 g/mol. The summed E-state index contributed by atoms with van der Waals surface area (Å²) in [5.41, 5.74) is 2.59. The van der Waals surface area contributed by atoms with E-state index in [0.717, 1.165) is 16.9 Å². The first-order valence-electron chi connectivity index (χ1n) is 8.69. The van der Waals surface area contributed by atoms with E-state index in [-0.39, 0.29) is 17.7 Å². The minimum Gasteiger partial charge on any atom is -0.497 e. The lowest BCUT2D eigenvalue weighted by Gasteiger charge is -2.22. The van der Waals surface area contributed by atoms with E-state index in [1.165, 1.54) is 0 Å². The molecule has 0 aliphatic carbocycles. The fourth-order valence-corrected chi connectivity index (χ4v) is 2.51. The average molecular weight is 354 g/mol. The predicted molar refractivity (Wildman–Crippen MR) is 102 cm³/mol. The third kappa shape index (κ3) is 5.34. The number of methoxy groups -OCH3 is 1. The van der Waals surface area contributed by atoms with Crippen LogP contribution < -0.4 is 15.4 Å². The second-order valence-electron chi connectivity index (χ2n) is 6.63. The van der Waals surface area contributed by atoms with Crippen LogP contribution in [0, 0.1) is 12.8 Å². The predicted octanol–water partition coefficient (Wildman–Crippen LogP) is 3.07. The van der Waals surface area contributed by atoms with E-state index in [4.69, 9.17) is 4.74 Å². The number of nitrogens with one attached hydrogen (secondary N) is 2. The van der Waals surface area contributed by atoms with Gasteiger partial charge in [-0.15, -0.1) is 0 Å². The fraction of sp³-hybridized carbons (Fsp3) is 0.333. The number of amides is 2. The van der Waals surface area contributed by atoms with Crippen LogP contribution in [0.1, 0.15) is 35.3 Å². The van der Waals surface area contributed by atoms with Crippen LogP contribution >= 0.6 is 0 Å². The van der Waals surface area contributed by atoms with Gasteiger partial charge in [0.15, 0.2) is 0 Å². The van der Waals surface area contributed by atoms with Crippen molar-refractivity contribution in [2.75, 3.05) is 7.11 Å². The van der Waals surface area contributed by atoms with Crippen LogP contribution in [-0.2, 0) is 11.3 Å². The summed E-state index contributed by atoms with van der Waals surface area (Å²) in [6.45, 7) is 6.18. The van der Waals surface area contributed by atoms with Crippen molar-refractivity contribution in [1.29, 1.82) is 0 Å². The number of aryl methyl sites for hydroxylation is 1. The van der Waals surface area contributed by atoms with E-state index in [9.17, 15) is 9.59 Å². The summed E-state index contributed by atoms with van der Waals surface area (Å²) in [7, 11) is 1.61. The van der Waals surface area contributed by atoms with Crippen molar-refractivity contribution in [2.24, 2.45) is 5.92 Å². The molecule has 5 nitrogen and oxygen atoms in total. The van der Waals surface area contributed by atoms with Crippen LogP contribution in [-0.4, -0.2) is 25.0 Å². The van der Waals surface area contributed by atoms with E-state index >= 15 is 0 Å². The molecule has 2 rings (SSSR count). The Labute approximate surface area is 154 Å². The van der Waals surface area contributed by atoms with Crippen molar-refractivity contribution in [3.8, 4) is 5.75 Å². The summed E-state index contributed by atoms with van der Waals surface area (Å²) in [5, 5.41) is 5.72. The van der Waals surface area contributed by atoms with Gasteiger partial charge in [-0.05, 0) is 42.7 Å². The quantitative estimate of drug-likeness (QED) is 0.803. The summed E-state index contributed by atoms with van der Waals surface area (Å²) < 4.78 is 5.12. The van der Waals surface area contributed by atoms with Crippen LogP contribution in [0.25, 0.3) is 0 Å². The third-order valence-electron chi connectivity index (χ3n) is 4.18. The van der Waals surface area contributed by atoms with Gasteiger partial charge in [0.1, 0.15) is 11.8 Å². The van der Waals surface area contributed by atoms with E-state index in [2.05, 4.69) is 10.6 Å². The van der Waals surface area contributed by atoms with Gasteiger partial charge in [-0.1, -0.05) is 43.7 Å². The molecular formula is C21H26N2O3. The maximum Gasteiger partial charge on any atom is 0.251 e. The minimum atomic E-state index is -0.595. The zero-order valence-corrected chi connectivity index (χ0v) is 15.7. The SMILES string of the molecule is COc1ccc(CNC(=O)C(NC(=O)c2ccc(C)cc2)C(C)C)cc1. The molecule has 1 unspecified atom stereocenters. The number of benzene rings is 2. The zero-order valence-electron chi connectivity index (χ0n) is 15.7. The molecule has 2 N–H and O–H groups in total. The van der Waals surface area contributed by atoms with Crippen molar-refractivity contribution in [3.05, 3.63) is 65.2 Å². The largest absolute Gasteiger partial charge is 0.497 e. The van der Waals surface area contributed by atoms with Crippen LogP contribution in [0.4, 0.5) is 0 Å². The van der Waals surface area contributed by atoms with E-state index in [1.807, 2.05) is 57.2 Å². The molecule has 2 aromatic rings. The molecule has 138 valence electrons. The maximum atomic E-state index is 12.6. The van der Waals surface area contributed by atoms with Crippen molar-refractivity contribution in [2.45, 2.75) is 33.4 Å². The maximum absolute atomic E-state index is 12.6. The van der Waals surface area contributed by atoms with Crippen LogP contribution in [0.15, 0.2) is 48.5 Å². The molecule has 0 saturated carbocycles. The van der Waals surface area contributed by atoms with E-state index in [0.29, 0.717) is 12.1 Å². The van der Waals surface area contributed by atoms with E-state index < -0.39 is 6.04 Å². The van der Waals surface area contributed by atoms with Gasteiger partial charge in [0.25, 0.3) is 5.91 Å². The molecular weight excluding hydrogens is 328 g/mol. The second kappa shape index (κ2) is 9.04. The molecule has 0 saturated heterocycles. The molecule has 0 aliphatic heterocycles. The zero-order chi connectivity index (χ0) is 19.1. The fourth-order valence-electron chi connectivity index (χ4n) is 2.51. The van der Waals surface area contributed by atoms with Gasteiger partial charge in [-0.2, -0.15) is 0 Å².